The van der Waals surface area contributed by atoms with Crippen LogP contribution in [0.5, 0.6) is 0 Å². The Labute approximate surface area is 209 Å². The minimum Gasteiger partial charge on any atom is -0.359 e. The van der Waals surface area contributed by atoms with Crippen molar-refractivity contribution in [1.29, 1.82) is 0 Å². The van der Waals surface area contributed by atoms with Gasteiger partial charge >= 0.3 is 0 Å². The number of amides is 3. The van der Waals surface area contributed by atoms with Crippen molar-refractivity contribution in [3.8, 4) is 0 Å². The van der Waals surface area contributed by atoms with Crippen molar-refractivity contribution in [2.45, 2.75) is 16.7 Å². The van der Waals surface area contributed by atoms with Gasteiger partial charge in [0.1, 0.15) is 4.33 Å². The van der Waals surface area contributed by atoms with Crippen LogP contribution < -0.4 is 16.0 Å². The maximum Gasteiger partial charge on any atom is 0.252 e. The summed E-state index contributed by atoms with van der Waals surface area (Å²) < 4.78 is -1.33. The lowest BCUT2D eigenvalue weighted by molar-refractivity contribution is -0.120. The lowest BCUT2D eigenvalue weighted by Gasteiger charge is -2.10. The predicted molar refractivity (Wildman–Crippen MR) is 128 cm³/mol. The van der Waals surface area contributed by atoms with Crippen molar-refractivity contribution >= 4 is 81.4 Å². The van der Waals surface area contributed by atoms with Crippen LogP contribution in [0.15, 0.2) is 36.4 Å². The highest BCUT2D eigenvalue weighted by Crippen LogP contribution is 2.65. The van der Waals surface area contributed by atoms with Gasteiger partial charge in [-0.25, -0.2) is 0 Å². The van der Waals surface area contributed by atoms with Crippen molar-refractivity contribution < 1.29 is 14.4 Å². The van der Waals surface area contributed by atoms with Crippen molar-refractivity contribution in [3.63, 3.8) is 0 Å². The predicted octanol–water partition coefficient (Wildman–Crippen LogP) is 5.04. The average Bonchev–Trinajstić information content (AvgIpc) is 3.30. The molecule has 6 nitrogen and oxygen atoms in total. The quantitative estimate of drug-likeness (QED) is 0.433. The van der Waals surface area contributed by atoms with Gasteiger partial charge in [0.2, 0.25) is 11.8 Å². The first-order valence-electron chi connectivity index (χ1n) is 9.47. The third kappa shape index (κ3) is 5.61. The molecule has 0 aromatic heterocycles. The summed E-state index contributed by atoms with van der Waals surface area (Å²) in [6.45, 7) is 0.137. The van der Waals surface area contributed by atoms with Crippen LogP contribution in [0, 0.1) is 5.92 Å². The first-order valence-corrected chi connectivity index (χ1v) is 11.4. The Bertz CT molecular complexity index is 1060. The summed E-state index contributed by atoms with van der Waals surface area (Å²) in [4.78, 5) is 36.6. The molecular formula is C21H18Cl5N3O3. The third-order valence-corrected chi connectivity index (χ3v) is 6.68. The summed E-state index contributed by atoms with van der Waals surface area (Å²) in [5.41, 5.74) is 1.15. The van der Waals surface area contributed by atoms with Gasteiger partial charge in [-0.15, -0.1) is 23.2 Å². The lowest BCUT2D eigenvalue weighted by Crippen LogP contribution is -2.29. The zero-order valence-corrected chi connectivity index (χ0v) is 20.4. The Morgan fingerprint density at radius 1 is 1.00 bits per heavy atom. The summed E-state index contributed by atoms with van der Waals surface area (Å²) in [7, 11) is 1.51. The molecule has 1 fully saturated rings. The maximum atomic E-state index is 12.9. The van der Waals surface area contributed by atoms with Crippen molar-refractivity contribution in [3.05, 3.63) is 62.6 Å². The van der Waals surface area contributed by atoms with Gasteiger partial charge in [-0.3, -0.25) is 14.4 Å². The molecular weight excluding hydrogens is 520 g/mol. The monoisotopic (exact) mass is 535 g/mol. The van der Waals surface area contributed by atoms with Crippen LogP contribution in [0.2, 0.25) is 15.1 Å². The van der Waals surface area contributed by atoms with E-state index >= 15 is 0 Å². The maximum absolute atomic E-state index is 12.9. The van der Waals surface area contributed by atoms with E-state index in [0.717, 1.165) is 0 Å². The van der Waals surface area contributed by atoms with Crippen molar-refractivity contribution in [2.75, 3.05) is 18.9 Å². The molecule has 2 atom stereocenters. The molecule has 170 valence electrons. The molecule has 2 aromatic carbocycles. The summed E-state index contributed by atoms with van der Waals surface area (Å²) in [5.74, 6) is -2.35. The first kappa shape index (κ1) is 24.9. The molecule has 0 radical (unpaired) electrons. The number of carbonyl (C=O) groups is 3. The minimum absolute atomic E-state index is 0.125. The standard InChI is InChI=1S/C21H18Cl5N3O3/c1-27-16(30)4-5-28-19(31)14-9-13(2-3-15(14)24)29-20(32)18-17(21(18,25)26)10-6-11(22)8-12(23)7-10/h2-3,6-9,17-18H,4-5H2,1H3,(H,27,30)(H,28,31)(H,29,32). The Hall–Kier alpha value is -1.70. The van der Waals surface area contributed by atoms with Crippen LogP contribution in [0.25, 0.3) is 0 Å². The van der Waals surface area contributed by atoms with Gasteiger partial charge in [0.15, 0.2) is 0 Å². The second-order valence-electron chi connectivity index (χ2n) is 7.20. The SMILES string of the molecule is CNC(=O)CCNC(=O)c1cc(NC(=O)C2C(c3cc(Cl)cc(Cl)c3)C2(Cl)Cl)ccc1Cl. The molecule has 0 spiro atoms. The largest absolute Gasteiger partial charge is 0.359 e. The van der Waals surface area contributed by atoms with E-state index in [9.17, 15) is 14.4 Å². The Morgan fingerprint density at radius 2 is 1.66 bits per heavy atom. The topological polar surface area (TPSA) is 87.3 Å². The normalized spacial score (nSPS) is 18.6. The van der Waals surface area contributed by atoms with Crippen LogP contribution in [-0.2, 0) is 9.59 Å². The van der Waals surface area contributed by atoms with Crippen LogP contribution in [-0.4, -0.2) is 35.6 Å². The molecule has 1 aliphatic carbocycles. The summed E-state index contributed by atoms with van der Waals surface area (Å²) in [6, 6.07) is 9.37. The van der Waals surface area contributed by atoms with Crippen LogP contribution in [0.4, 0.5) is 5.69 Å². The number of nitrogens with one attached hydrogen (secondary N) is 3. The van der Waals surface area contributed by atoms with E-state index in [2.05, 4.69) is 16.0 Å². The fraction of sp³-hybridized carbons (Fsp3) is 0.286. The second kappa shape index (κ2) is 10.1. The second-order valence-corrected chi connectivity index (χ2v) is 9.92. The molecule has 1 saturated carbocycles. The number of carbonyl (C=O) groups excluding carboxylic acids is 3. The summed E-state index contributed by atoms with van der Waals surface area (Å²) >= 11 is 31.0. The summed E-state index contributed by atoms with van der Waals surface area (Å²) in [5, 5.41) is 8.81. The molecule has 2 aromatic rings. The van der Waals surface area contributed by atoms with E-state index in [0.29, 0.717) is 21.3 Å². The summed E-state index contributed by atoms with van der Waals surface area (Å²) in [6.07, 6.45) is 0.125. The van der Waals surface area contributed by atoms with Gasteiger partial charge in [0.25, 0.3) is 5.91 Å². The molecule has 0 bridgehead atoms. The Morgan fingerprint density at radius 3 is 2.28 bits per heavy atom. The molecule has 3 rings (SSSR count). The molecule has 3 N–H and O–H groups in total. The Balaban J connectivity index is 1.70. The van der Waals surface area contributed by atoms with Gasteiger partial charge in [0, 0.05) is 41.7 Å². The average molecular weight is 538 g/mol. The lowest BCUT2D eigenvalue weighted by atomic mass is 10.1. The van der Waals surface area contributed by atoms with E-state index in [-0.39, 0.29) is 29.5 Å². The van der Waals surface area contributed by atoms with Crippen molar-refractivity contribution in [2.24, 2.45) is 5.92 Å². The smallest absolute Gasteiger partial charge is 0.252 e. The molecule has 0 saturated heterocycles. The highest BCUT2D eigenvalue weighted by molar-refractivity contribution is 6.53. The minimum atomic E-state index is -1.33. The molecule has 0 aliphatic heterocycles. The van der Waals surface area contributed by atoms with Crippen LogP contribution >= 0.6 is 58.0 Å². The zero-order valence-electron chi connectivity index (χ0n) is 16.6. The van der Waals surface area contributed by atoms with Crippen molar-refractivity contribution in [1.82, 2.24) is 10.6 Å². The van der Waals surface area contributed by atoms with Gasteiger partial charge < -0.3 is 16.0 Å². The van der Waals surface area contributed by atoms with Gasteiger partial charge in [0.05, 0.1) is 16.5 Å². The fourth-order valence-electron chi connectivity index (χ4n) is 3.33. The molecule has 2 unspecified atom stereocenters. The van der Waals surface area contributed by atoms with E-state index in [1.54, 1.807) is 24.3 Å². The highest BCUT2D eigenvalue weighted by atomic mass is 35.5. The van der Waals surface area contributed by atoms with Gasteiger partial charge in [-0.05, 0) is 42.0 Å². The number of benzene rings is 2. The third-order valence-electron chi connectivity index (χ3n) is 4.97. The van der Waals surface area contributed by atoms with E-state index in [1.165, 1.54) is 19.2 Å². The molecule has 1 aliphatic rings. The molecule has 32 heavy (non-hydrogen) atoms. The van der Waals surface area contributed by atoms with E-state index < -0.39 is 28.0 Å². The fourth-order valence-corrected chi connectivity index (χ4v) is 4.90. The highest BCUT2D eigenvalue weighted by Gasteiger charge is 2.67. The molecule has 3 amide bonds. The van der Waals surface area contributed by atoms with Gasteiger partial charge in [-0.2, -0.15) is 0 Å². The zero-order chi connectivity index (χ0) is 23.6. The van der Waals surface area contributed by atoms with Crippen LogP contribution in [0.1, 0.15) is 28.3 Å². The molecule has 11 heteroatoms. The number of anilines is 1. The van der Waals surface area contributed by atoms with E-state index in [1.807, 2.05) is 0 Å². The number of halogens is 5. The number of alkyl halides is 2. The number of hydrogen-bond acceptors (Lipinski definition) is 3. The molecule has 0 heterocycles. The number of rotatable bonds is 7. The number of hydrogen-bond donors (Lipinski definition) is 3. The van der Waals surface area contributed by atoms with Gasteiger partial charge in [-0.1, -0.05) is 34.8 Å². The van der Waals surface area contributed by atoms with E-state index in [4.69, 9.17) is 58.0 Å². The van der Waals surface area contributed by atoms with Crippen LogP contribution in [0.3, 0.4) is 0 Å². The first-order chi connectivity index (χ1) is 15.0. The Kier molecular flexibility index (Phi) is 7.84.